The molecule has 0 saturated carbocycles. The van der Waals surface area contributed by atoms with Crippen LogP contribution >= 0.6 is 35.0 Å². The van der Waals surface area contributed by atoms with Gasteiger partial charge in [-0.25, -0.2) is 4.68 Å². The number of nitrogens with zero attached hydrogens (tertiary/aromatic N) is 4. The van der Waals surface area contributed by atoms with Gasteiger partial charge in [0.15, 0.2) is 0 Å². The van der Waals surface area contributed by atoms with Gasteiger partial charge in [0.2, 0.25) is 16.9 Å². The van der Waals surface area contributed by atoms with Crippen LogP contribution in [-0.4, -0.2) is 31.5 Å². The molecule has 10 heteroatoms. The number of pyridine rings is 1. The second-order valence-corrected chi connectivity index (χ2v) is 6.56. The van der Waals surface area contributed by atoms with Crippen LogP contribution in [0.2, 0.25) is 10.0 Å². The molecule has 3 aromatic rings. The predicted molar refractivity (Wildman–Crippen MR) is 99.2 cm³/mol. The van der Waals surface area contributed by atoms with E-state index in [4.69, 9.17) is 29.0 Å². The van der Waals surface area contributed by atoms with Crippen LogP contribution in [-0.2, 0) is 4.79 Å². The fraction of sp³-hybridized carbons (Fsp3) is 0.0667. The predicted octanol–water partition coefficient (Wildman–Crippen LogP) is 3.09. The lowest BCUT2D eigenvalue weighted by Gasteiger charge is -2.08. The van der Waals surface area contributed by atoms with Crippen LogP contribution in [0.15, 0.2) is 47.8 Å². The first-order valence-electron chi connectivity index (χ1n) is 7.05. The van der Waals surface area contributed by atoms with E-state index < -0.39 is 0 Å². The number of aromatic nitrogens is 4. The topological polar surface area (TPSA) is 98.7 Å². The van der Waals surface area contributed by atoms with Crippen LogP contribution in [0.5, 0.6) is 0 Å². The van der Waals surface area contributed by atoms with Crippen LogP contribution in [0.4, 0.5) is 5.69 Å². The number of hydrogen-bond acceptors (Lipinski definition) is 6. The van der Waals surface area contributed by atoms with Crippen molar-refractivity contribution in [1.82, 2.24) is 19.9 Å². The number of benzene rings is 1. The maximum atomic E-state index is 12.1. The molecule has 2 heterocycles. The molecule has 3 rings (SSSR count). The summed E-state index contributed by atoms with van der Waals surface area (Å²) in [6, 6.07) is 10.4. The molecular weight excluding hydrogens is 383 g/mol. The number of amides is 1. The highest BCUT2D eigenvalue weighted by Crippen LogP contribution is 2.29. The normalized spacial score (nSPS) is 10.6. The SMILES string of the molecule is Nn1c(SCC(=O)Nc2cccc(Cl)c2Cl)nnc1-c1ccccn1. The number of carbonyl (C=O) groups is 1. The van der Waals surface area contributed by atoms with Crippen LogP contribution in [0, 0.1) is 0 Å². The average Bonchev–Trinajstić information content (AvgIpc) is 2.99. The van der Waals surface area contributed by atoms with E-state index >= 15 is 0 Å². The standard InChI is InChI=1S/C15H12Cl2N6OS/c16-9-4-3-6-10(13(9)17)20-12(24)8-25-15-22-21-14(23(15)18)11-5-1-2-7-19-11/h1-7H,8,18H2,(H,20,24). The first kappa shape index (κ1) is 17.5. The van der Waals surface area contributed by atoms with E-state index in [0.29, 0.717) is 32.4 Å². The molecule has 0 atom stereocenters. The third-order valence-corrected chi connectivity index (χ3v) is 4.88. The van der Waals surface area contributed by atoms with Crippen molar-refractivity contribution < 1.29 is 4.79 Å². The van der Waals surface area contributed by atoms with Gasteiger partial charge >= 0.3 is 0 Å². The third kappa shape index (κ3) is 4.04. The van der Waals surface area contributed by atoms with E-state index in [1.54, 1.807) is 36.5 Å². The molecule has 0 aliphatic carbocycles. The zero-order chi connectivity index (χ0) is 17.8. The molecule has 0 unspecified atom stereocenters. The zero-order valence-corrected chi connectivity index (χ0v) is 15.0. The minimum absolute atomic E-state index is 0.0837. The highest BCUT2D eigenvalue weighted by atomic mass is 35.5. The van der Waals surface area contributed by atoms with Crippen molar-refractivity contribution in [2.75, 3.05) is 16.9 Å². The first-order valence-corrected chi connectivity index (χ1v) is 8.79. The molecule has 2 aromatic heterocycles. The second kappa shape index (κ2) is 7.73. The Hall–Kier alpha value is -2.29. The zero-order valence-electron chi connectivity index (χ0n) is 12.7. The number of halogens is 2. The van der Waals surface area contributed by atoms with Crippen LogP contribution in [0.25, 0.3) is 11.5 Å². The molecule has 7 nitrogen and oxygen atoms in total. The Kier molecular flexibility index (Phi) is 5.42. The number of nitrogens with one attached hydrogen (secondary N) is 1. The highest BCUT2D eigenvalue weighted by molar-refractivity contribution is 7.99. The summed E-state index contributed by atoms with van der Waals surface area (Å²) in [6.45, 7) is 0. The molecule has 0 fully saturated rings. The lowest BCUT2D eigenvalue weighted by Crippen LogP contribution is -2.16. The monoisotopic (exact) mass is 394 g/mol. The molecule has 1 aromatic carbocycles. The van der Waals surface area contributed by atoms with Crippen molar-refractivity contribution in [1.29, 1.82) is 0 Å². The lowest BCUT2D eigenvalue weighted by atomic mass is 10.3. The van der Waals surface area contributed by atoms with Crippen molar-refractivity contribution in [3.05, 3.63) is 52.6 Å². The van der Waals surface area contributed by atoms with E-state index in [9.17, 15) is 4.79 Å². The molecule has 0 saturated heterocycles. The summed E-state index contributed by atoms with van der Waals surface area (Å²) < 4.78 is 1.30. The van der Waals surface area contributed by atoms with E-state index in [1.807, 2.05) is 6.07 Å². The molecule has 25 heavy (non-hydrogen) atoms. The van der Waals surface area contributed by atoms with Gasteiger partial charge < -0.3 is 11.2 Å². The van der Waals surface area contributed by atoms with E-state index in [0.717, 1.165) is 11.8 Å². The van der Waals surface area contributed by atoms with E-state index in [2.05, 4.69) is 20.5 Å². The fourth-order valence-electron chi connectivity index (χ4n) is 1.96. The summed E-state index contributed by atoms with van der Waals surface area (Å²) in [4.78, 5) is 16.3. The third-order valence-electron chi connectivity index (χ3n) is 3.12. The number of hydrogen-bond donors (Lipinski definition) is 2. The number of carbonyl (C=O) groups excluding carboxylic acids is 1. The maximum Gasteiger partial charge on any atom is 0.234 e. The van der Waals surface area contributed by atoms with E-state index in [-0.39, 0.29) is 11.7 Å². The Balaban J connectivity index is 1.65. The molecule has 1 amide bonds. The summed E-state index contributed by atoms with van der Waals surface area (Å²) in [5.41, 5.74) is 1.04. The molecule has 0 spiro atoms. The van der Waals surface area contributed by atoms with Gasteiger partial charge in [0, 0.05) is 6.20 Å². The minimum Gasteiger partial charge on any atom is -0.335 e. The number of anilines is 1. The molecule has 3 N–H and O–H groups in total. The van der Waals surface area contributed by atoms with Crippen molar-refractivity contribution in [3.63, 3.8) is 0 Å². The van der Waals surface area contributed by atoms with Gasteiger partial charge in [-0.1, -0.05) is 47.1 Å². The summed E-state index contributed by atoms with van der Waals surface area (Å²) in [7, 11) is 0. The molecular formula is C15H12Cl2N6OS. The Labute approximate surface area is 157 Å². The maximum absolute atomic E-state index is 12.1. The Morgan fingerprint density at radius 3 is 2.80 bits per heavy atom. The summed E-state index contributed by atoms with van der Waals surface area (Å²) >= 11 is 13.1. The summed E-state index contributed by atoms with van der Waals surface area (Å²) in [5, 5.41) is 11.7. The smallest absolute Gasteiger partial charge is 0.234 e. The first-order chi connectivity index (χ1) is 12.1. The van der Waals surface area contributed by atoms with Gasteiger partial charge in [0.1, 0.15) is 5.69 Å². The number of rotatable bonds is 5. The highest BCUT2D eigenvalue weighted by Gasteiger charge is 2.15. The molecule has 128 valence electrons. The number of nitrogens with two attached hydrogens (primary N) is 1. The summed E-state index contributed by atoms with van der Waals surface area (Å²) in [5.74, 6) is 6.21. The van der Waals surface area contributed by atoms with Gasteiger partial charge in [0.05, 0.1) is 21.5 Å². The van der Waals surface area contributed by atoms with Gasteiger partial charge in [-0.3, -0.25) is 9.78 Å². The molecule has 0 aliphatic rings. The summed E-state index contributed by atoms with van der Waals surface area (Å²) in [6.07, 6.45) is 1.64. The lowest BCUT2D eigenvalue weighted by molar-refractivity contribution is -0.113. The Morgan fingerprint density at radius 1 is 1.20 bits per heavy atom. The van der Waals surface area contributed by atoms with Crippen LogP contribution in [0.3, 0.4) is 0 Å². The van der Waals surface area contributed by atoms with Gasteiger partial charge in [0.25, 0.3) is 0 Å². The van der Waals surface area contributed by atoms with Crippen molar-refractivity contribution in [3.8, 4) is 11.5 Å². The van der Waals surface area contributed by atoms with Gasteiger partial charge in [-0.15, -0.1) is 10.2 Å². The minimum atomic E-state index is -0.267. The molecule has 0 radical (unpaired) electrons. The second-order valence-electron chi connectivity index (χ2n) is 4.83. The molecule has 0 aliphatic heterocycles. The Bertz CT molecular complexity index is 902. The van der Waals surface area contributed by atoms with Crippen molar-refractivity contribution >= 4 is 46.6 Å². The van der Waals surface area contributed by atoms with Gasteiger partial charge in [-0.05, 0) is 24.3 Å². The van der Waals surface area contributed by atoms with E-state index in [1.165, 1.54) is 4.68 Å². The van der Waals surface area contributed by atoms with Crippen LogP contribution in [0.1, 0.15) is 0 Å². The van der Waals surface area contributed by atoms with Crippen molar-refractivity contribution in [2.24, 2.45) is 0 Å². The molecule has 0 bridgehead atoms. The van der Waals surface area contributed by atoms with Crippen molar-refractivity contribution in [2.45, 2.75) is 5.16 Å². The average molecular weight is 395 g/mol. The quantitative estimate of drug-likeness (QED) is 0.509. The number of nitrogen functional groups attached to an aromatic ring is 1. The number of thioether (sulfide) groups is 1. The fourth-order valence-corrected chi connectivity index (χ4v) is 2.97. The van der Waals surface area contributed by atoms with Gasteiger partial charge in [-0.2, -0.15) is 0 Å². The Morgan fingerprint density at radius 2 is 2.04 bits per heavy atom. The largest absolute Gasteiger partial charge is 0.335 e. The van der Waals surface area contributed by atoms with Crippen LogP contribution < -0.4 is 11.2 Å².